The first-order chi connectivity index (χ1) is 6.40. The maximum atomic E-state index is 5.22. The second kappa shape index (κ2) is 3.35. The van der Waals surface area contributed by atoms with Gasteiger partial charge in [0.1, 0.15) is 11.5 Å². The van der Waals surface area contributed by atoms with Crippen LogP contribution in [0.15, 0.2) is 41.0 Å². The van der Waals surface area contributed by atoms with E-state index in [4.69, 9.17) is 9.15 Å². The lowest BCUT2D eigenvalue weighted by molar-refractivity contribution is 0.414. The Bertz CT molecular complexity index is 359. The van der Waals surface area contributed by atoms with E-state index >= 15 is 0 Å². The first-order valence-electron chi connectivity index (χ1n) is 4.00. The van der Waals surface area contributed by atoms with Crippen molar-refractivity contribution >= 4 is 0 Å². The molecule has 0 atom stereocenters. The molecular formula is C11H9O2. The topological polar surface area (TPSA) is 22.4 Å². The lowest BCUT2D eigenvalue weighted by atomic mass is 10.2. The number of methoxy groups -OCH3 is 1. The zero-order valence-electron chi connectivity index (χ0n) is 7.28. The highest BCUT2D eigenvalue weighted by atomic mass is 16.5. The summed E-state index contributed by atoms with van der Waals surface area (Å²) in [5, 5.41) is 0. The van der Waals surface area contributed by atoms with E-state index in [1.165, 1.54) is 0 Å². The van der Waals surface area contributed by atoms with Crippen molar-refractivity contribution in [2.75, 3.05) is 7.11 Å². The van der Waals surface area contributed by atoms with Crippen LogP contribution in [-0.2, 0) is 0 Å². The van der Waals surface area contributed by atoms with Crippen molar-refractivity contribution in [3.63, 3.8) is 0 Å². The van der Waals surface area contributed by atoms with Crippen LogP contribution >= 0.6 is 0 Å². The first-order valence-corrected chi connectivity index (χ1v) is 4.00. The smallest absolute Gasteiger partial charge is 0.134 e. The van der Waals surface area contributed by atoms with E-state index in [-0.39, 0.29) is 0 Å². The van der Waals surface area contributed by atoms with E-state index in [0.717, 1.165) is 17.1 Å². The summed E-state index contributed by atoms with van der Waals surface area (Å²) in [6, 6.07) is 12.4. The van der Waals surface area contributed by atoms with Crippen molar-refractivity contribution in [3.8, 4) is 17.1 Å². The van der Waals surface area contributed by atoms with Gasteiger partial charge in [0.05, 0.1) is 13.4 Å². The molecule has 2 aromatic rings. The van der Waals surface area contributed by atoms with Gasteiger partial charge in [0.15, 0.2) is 0 Å². The molecule has 2 nitrogen and oxygen atoms in total. The Balaban J connectivity index is 2.33. The predicted molar refractivity (Wildman–Crippen MR) is 49.5 cm³/mol. The minimum atomic E-state index is 0.801. The molecule has 0 aliphatic rings. The molecule has 1 aromatic heterocycles. The zero-order valence-corrected chi connectivity index (χ0v) is 7.28. The maximum Gasteiger partial charge on any atom is 0.134 e. The largest absolute Gasteiger partial charge is 0.497 e. The second-order valence-electron chi connectivity index (χ2n) is 2.62. The van der Waals surface area contributed by atoms with E-state index in [1.54, 1.807) is 19.4 Å². The monoisotopic (exact) mass is 173 g/mol. The minimum Gasteiger partial charge on any atom is -0.497 e. The molecule has 1 radical (unpaired) electrons. The molecule has 0 bridgehead atoms. The molecule has 0 unspecified atom stereocenters. The third-order valence-corrected chi connectivity index (χ3v) is 1.81. The van der Waals surface area contributed by atoms with Gasteiger partial charge >= 0.3 is 0 Å². The molecule has 13 heavy (non-hydrogen) atoms. The third-order valence-electron chi connectivity index (χ3n) is 1.81. The van der Waals surface area contributed by atoms with Crippen molar-refractivity contribution in [3.05, 3.63) is 42.7 Å². The van der Waals surface area contributed by atoms with Crippen LogP contribution in [0.1, 0.15) is 0 Å². The van der Waals surface area contributed by atoms with Crippen LogP contribution in [0.3, 0.4) is 0 Å². The van der Waals surface area contributed by atoms with Crippen molar-refractivity contribution in [1.29, 1.82) is 0 Å². The van der Waals surface area contributed by atoms with E-state index in [1.807, 2.05) is 24.3 Å². The summed E-state index contributed by atoms with van der Waals surface area (Å²) in [4.78, 5) is 0. The Morgan fingerprint density at radius 2 is 2.23 bits per heavy atom. The summed E-state index contributed by atoms with van der Waals surface area (Å²) in [6.07, 6.45) is 1.65. The maximum absolute atomic E-state index is 5.22. The Hall–Kier alpha value is -1.70. The normalized spacial score (nSPS) is 9.92. The Kier molecular flexibility index (Phi) is 2.04. The summed E-state index contributed by atoms with van der Waals surface area (Å²) >= 11 is 0. The van der Waals surface area contributed by atoms with Crippen molar-refractivity contribution < 1.29 is 9.15 Å². The van der Waals surface area contributed by atoms with Crippen LogP contribution in [-0.4, -0.2) is 7.11 Å². The molecule has 0 fully saturated rings. The van der Waals surface area contributed by atoms with Crippen LogP contribution in [0, 0.1) is 6.07 Å². The van der Waals surface area contributed by atoms with Gasteiger partial charge in [0.2, 0.25) is 0 Å². The zero-order chi connectivity index (χ0) is 9.10. The predicted octanol–water partition coefficient (Wildman–Crippen LogP) is 2.76. The van der Waals surface area contributed by atoms with Crippen molar-refractivity contribution in [1.82, 2.24) is 0 Å². The highest BCUT2D eigenvalue weighted by Gasteiger charge is 1.99. The van der Waals surface area contributed by atoms with Gasteiger partial charge in [-0.2, -0.15) is 0 Å². The summed E-state index contributed by atoms with van der Waals surface area (Å²) < 4.78 is 10.2. The van der Waals surface area contributed by atoms with Crippen LogP contribution in [0.5, 0.6) is 5.75 Å². The molecule has 1 heterocycles. The fraction of sp³-hybridized carbons (Fsp3) is 0.0909. The molecule has 2 rings (SSSR count). The summed E-state index contributed by atoms with van der Waals surface area (Å²) in [7, 11) is 1.63. The molecule has 0 amide bonds. The number of hydrogen-bond donors (Lipinski definition) is 0. The Labute approximate surface area is 76.8 Å². The van der Waals surface area contributed by atoms with E-state index < -0.39 is 0 Å². The van der Waals surface area contributed by atoms with E-state index in [0.29, 0.717) is 0 Å². The quantitative estimate of drug-likeness (QED) is 0.696. The molecule has 0 saturated heterocycles. The van der Waals surface area contributed by atoms with Crippen LogP contribution in [0.25, 0.3) is 11.3 Å². The van der Waals surface area contributed by atoms with Gasteiger partial charge in [0, 0.05) is 5.56 Å². The van der Waals surface area contributed by atoms with Gasteiger partial charge in [-0.3, -0.25) is 0 Å². The molecule has 0 aliphatic heterocycles. The number of hydrogen-bond acceptors (Lipinski definition) is 2. The van der Waals surface area contributed by atoms with Crippen LogP contribution < -0.4 is 4.74 Å². The second-order valence-corrected chi connectivity index (χ2v) is 2.62. The number of rotatable bonds is 2. The van der Waals surface area contributed by atoms with E-state index in [9.17, 15) is 0 Å². The summed E-state index contributed by atoms with van der Waals surface area (Å²) in [5.74, 6) is 1.62. The highest BCUT2D eigenvalue weighted by molar-refractivity contribution is 5.57. The number of ether oxygens (including phenoxy) is 1. The van der Waals surface area contributed by atoms with Crippen molar-refractivity contribution in [2.24, 2.45) is 0 Å². The van der Waals surface area contributed by atoms with Gasteiger partial charge in [-0.1, -0.05) is 0 Å². The van der Waals surface area contributed by atoms with Gasteiger partial charge < -0.3 is 9.15 Å². The molecule has 2 heteroatoms. The fourth-order valence-corrected chi connectivity index (χ4v) is 1.12. The number of benzene rings is 1. The lowest BCUT2D eigenvalue weighted by Crippen LogP contribution is -1.81. The average Bonchev–Trinajstić information content (AvgIpc) is 2.71. The van der Waals surface area contributed by atoms with Gasteiger partial charge in [-0.15, -0.1) is 0 Å². The molecule has 1 aromatic carbocycles. The molecule has 0 spiro atoms. The molecule has 0 saturated carbocycles. The average molecular weight is 173 g/mol. The van der Waals surface area contributed by atoms with E-state index in [2.05, 4.69) is 6.07 Å². The fourth-order valence-electron chi connectivity index (χ4n) is 1.12. The van der Waals surface area contributed by atoms with Gasteiger partial charge in [0.25, 0.3) is 0 Å². The highest BCUT2D eigenvalue weighted by Crippen LogP contribution is 2.21. The summed E-state index contributed by atoms with van der Waals surface area (Å²) in [6.45, 7) is 0. The SMILES string of the molecule is COc1c[c]c(-c2ccco2)cc1. The molecule has 65 valence electrons. The first kappa shape index (κ1) is 7.92. The lowest BCUT2D eigenvalue weighted by Gasteiger charge is -1.99. The Morgan fingerprint density at radius 3 is 2.77 bits per heavy atom. The van der Waals surface area contributed by atoms with Gasteiger partial charge in [-0.05, 0) is 36.4 Å². The minimum absolute atomic E-state index is 0.801. The van der Waals surface area contributed by atoms with Crippen LogP contribution in [0.4, 0.5) is 0 Å². The van der Waals surface area contributed by atoms with Crippen molar-refractivity contribution in [2.45, 2.75) is 0 Å². The number of furan rings is 1. The molecule has 0 N–H and O–H groups in total. The third kappa shape index (κ3) is 1.56. The van der Waals surface area contributed by atoms with Gasteiger partial charge in [-0.25, -0.2) is 0 Å². The standard InChI is InChI=1S/C11H9O2/c1-12-10-6-4-9(5-7-10)11-3-2-8-13-11/h2-4,6-8H,1H3. The Morgan fingerprint density at radius 1 is 1.31 bits per heavy atom. The molecular weight excluding hydrogens is 164 g/mol. The summed E-state index contributed by atoms with van der Waals surface area (Å²) in [5.41, 5.74) is 0.936. The molecule has 0 aliphatic carbocycles. The van der Waals surface area contributed by atoms with Crippen LogP contribution in [0.2, 0.25) is 0 Å².